The van der Waals surface area contributed by atoms with E-state index in [1.165, 1.54) is 16.3 Å². The molecule has 2 heteroatoms. The Labute approximate surface area is 109 Å². The molecular formula is C16H22N2. The third-order valence-corrected chi connectivity index (χ3v) is 3.31. The molecule has 2 rings (SSSR count). The van der Waals surface area contributed by atoms with E-state index in [1.807, 2.05) is 0 Å². The summed E-state index contributed by atoms with van der Waals surface area (Å²) in [7, 11) is 4.18. The molecule has 18 heavy (non-hydrogen) atoms. The van der Waals surface area contributed by atoms with Crippen LogP contribution in [-0.4, -0.2) is 31.6 Å². The maximum absolute atomic E-state index is 6.22. The number of hydrogen-bond acceptors (Lipinski definition) is 2. The Hall–Kier alpha value is -1.38. The number of benzene rings is 2. The van der Waals surface area contributed by atoms with Crippen molar-refractivity contribution in [2.45, 2.75) is 18.9 Å². The van der Waals surface area contributed by atoms with Crippen LogP contribution in [0.1, 0.15) is 12.0 Å². The third kappa shape index (κ3) is 3.31. The zero-order chi connectivity index (χ0) is 13.0. The molecule has 1 atom stereocenters. The topological polar surface area (TPSA) is 29.3 Å². The lowest BCUT2D eigenvalue weighted by atomic mass is 9.98. The summed E-state index contributed by atoms with van der Waals surface area (Å²) in [6.07, 6.45) is 1.99. The Bertz CT molecular complexity index is 500. The second-order valence-electron chi connectivity index (χ2n) is 5.19. The molecule has 0 fully saturated rings. The average Bonchev–Trinajstić information content (AvgIpc) is 2.37. The lowest BCUT2D eigenvalue weighted by Crippen LogP contribution is -2.28. The second-order valence-corrected chi connectivity index (χ2v) is 5.19. The van der Waals surface area contributed by atoms with Crippen molar-refractivity contribution >= 4 is 10.8 Å². The van der Waals surface area contributed by atoms with Gasteiger partial charge < -0.3 is 10.6 Å². The minimum absolute atomic E-state index is 0.234. The Morgan fingerprint density at radius 1 is 1.06 bits per heavy atom. The Kier molecular flexibility index (Phi) is 4.34. The summed E-state index contributed by atoms with van der Waals surface area (Å²) in [5.41, 5.74) is 7.58. The maximum atomic E-state index is 6.22. The second kappa shape index (κ2) is 5.98. The van der Waals surface area contributed by atoms with Crippen molar-refractivity contribution in [2.75, 3.05) is 20.6 Å². The van der Waals surface area contributed by atoms with Crippen LogP contribution in [-0.2, 0) is 6.42 Å². The number of nitrogens with two attached hydrogens (primary N) is 1. The predicted molar refractivity (Wildman–Crippen MR) is 78.8 cm³/mol. The lowest BCUT2D eigenvalue weighted by molar-refractivity contribution is 0.380. The highest BCUT2D eigenvalue weighted by atomic mass is 15.0. The fourth-order valence-corrected chi connectivity index (χ4v) is 2.28. The minimum Gasteiger partial charge on any atom is -0.327 e. The van der Waals surface area contributed by atoms with Crippen molar-refractivity contribution < 1.29 is 0 Å². The molecule has 0 saturated carbocycles. The van der Waals surface area contributed by atoms with Crippen LogP contribution in [0, 0.1) is 0 Å². The van der Waals surface area contributed by atoms with Gasteiger partial charge in [-0.15, -0.1) is 0 Å². The lowest BCUT2D eigenvalue weighted by Gasteiger charge is -2.16. The van der Waals surface area contributed by atoms with Crippen molar-refractivity contribution in [1.82, 2.24) is 4.90 Å². The Balaban J connectivity index is 2.11. The minimum atomic E-state index is 0.234. The zero-order valence-electron chi connectivity index (χ0n) is 11.3. The van der Waals surface area contributed by atoms with Gasteiger partial charge in [0.05, 0.1) is 0 Å². The molecule has 0 bridgehead atoms. The molecule has 0 amide bonds. The van der Waals surface area contributed by atoms with Crippen molar-refractivity contribution in [3.05, 3.63) is 48.0 Å². The van der Waals surface area contributed by atoms with E-state index in [0.717, 1.165) is 19.4 Å². The van der Waals surface area contributed by atoms with Crippen LogP contribution < -0.4 is 5.73 Å². The van der Waals surface area contributed by atoms with Gasteiger partial charge in [0.25, 0.3) is 0 Å². The average molecular weight is 242 g/mol. The largest absolute Gasteiger partial charge is 0.327 e. The van der Waals surface area contributed by atoms with Gasteiger partial charge in [-0.25, -0.2) is 0 Å². The molecular weight excluding hydrogens is 220 g/mol. The number of fused-ring (bicyclic) bond motifs is 1. The van der Waals surface area contributed by atoms with Crippen molar-refractivity contribution in [3.63, 3.8) is 0 Å². The van der Waals surface area contributed by atoms with E-state index < -0.39 is 0 Å². The van der Waals surface area contributed by atoms with Crippen LogP contribution in [0.3, 0.4) is 0 Å². The number of nitrogens with zero attached hydrogens (tertiary/aromatic N) is 1. The van der Waals surface area contributed by atoms with Gasteiger partial charge in [0.15, 0.2) is 0 Å². The summed E-state index contributed by atoms with van der Waals surface area (Å²) in [4.78, 5) is 2.18. The summed E-state index contributed by atoms with van der Waals surface area (Å²) >= 11 is 0. The van der Waals surface area contributed by atoms with Crippen LogP contribution in [0.4, 0.5) is 0 Å². The highest BCUT2D eigenvalue weighted by molar-refractivity contribution is 5.85. The fraction of sp³-hybridized carbons (Fsp3) is 0.375. The van der Waals surface area contributed by atoms with Gasteiger partial charge in [-0.05, 0) is 49.8 Å². The van der Waals surface area contributed by atoms with Gasteiger partial charge >= 0.3 is 0 Å². The molecule has 0 heterocycles. The van der Waals surface area contributed by atoms with Crippen LogP contribution in [0.2, 0.25) is 0 Å². The molecule has 0 saturated heterocycles. The SMILES string of the molecule is CN(C)CCC(N)Cc1cccc2ccccc12. The molecule has 0 aliphatic rings. The van der Waals surface area contributed by atoms with E-state index in [2.05, 4.69) is 61.5 Å². The first-order valence-electron chi connectivity index (χ1n) is 6.54. The van der Waals surface area contributed by atoms with Gasteiger partial charge in [-0.2, -0.15) is 0 Å². The van der Waals surface area contributed by atoms with Gasteiger partial charge in [0, 0.05) is 6.04 Å². The van der Waals surface area contributed by atoms with E-state index in [1.54, 1.807) is 0 Å². The fourth-order valence-electron chi connectivity index (χ4n) is 2.28. The molecule has 2 N–H and O–H groups in total. The van der Waals surface area contributed by atoms with Gasteiger partial charge in [0.2, 0.25) is 0 Å². The molecule has 0 aliphatic heterocycles. The Morgan fingerprint density at radius 3 is 2.56 bits per heavy atom. The summed E-state index contributed by atoms with van der Waals surface area (Å²) in [6.45, 7) is 1.05. The molecule has 2 aromatic rings. The smallest absolute Gasteiger partial charge is 0.00917 e. The van der Waals surface area contributed by atoms with E-state index >= 15 is 0 Å². The summed E-state index contributed by atoms with van der Waals surface area (Å²) in [5.74, 6) is 0. The van der Waals surface area contributed by atoms with Crippen LogP contribution in [0.15, 0.2) is 42.5 Å². The molecule has 0 aliphatic carbocycles. The molecule has 0 aromatic heterocycles. The van der Waals surface area contributed by atoms with Gasteiger partial charge in [0.1, 0.15) is 0 Å². The number of rotatable bonds is 5. The monoisotopic (exact) mass is 242 g/mol. The molecule has 1 unspecified atom stereocenters. The van der Waals surface area contributed by atoms with E-state index in [9.17, 15) is 0 Å². The van der Waals surface area contributed by atoms with Gasteiger partial charge in [-0.3, -0.25) is 0 Å². The molecule has 2 aromatic carbocycles. The first kappa shape index (κ1) is 13.1. The van der Waals surface area contributed by atoms with E-state index in [4.69, 9.17) is 5.73 Å². The van der Waals surface area contributed by atoms with Crippen molar-refractivity contribution in [1.29, 1.82) is 0 Å². The first-order chi connectivity index (χ1) is 8.66. The van der Waals surface area contributed by atoms with Crippen LogP contribution >= 0.6 is 0 Å². The first-order valence-corrected chi connectivity index (χ1v) is 6.54. The number of hydrogen-bond donors (Lipinski definition) is 1. The molecule has 0 radical (unpaired) electrons. The molecule has 96 valence electrons. The molecule has 0 spiro atoms. The predicted octanol–water partition coefficient (Wildman–Crippen LogP) is 2.66. The highest BCUT2D eigenvalue weighted by Gasteiger charge is 2.07. The van der Waals surface area contributed by atoms with Gasteiger partial charge in [-0.1, -0.05) is 42.5 Å². The zero-order valence-corrected chi connectivity index (χ0v) is 11.3. The van der Waals surface area contributed by atoms with Crippen molar-refractivity contribution in [2.24, 2.45) is 5.73 Å². The van der Waals surface area contributed by atoms with Crippen LogP contribution in [0.25, 0.3) is 10.8 Å². The molecule has 2 nitrogen and oxygen atoms in total. The summed E-state index contributed by atoms with van der Waals surface area (Å²) < 4.78 is 0. The highest BCUT2D eigenvalue weighted by Crippen LogP contribution is 2.19. The summed E-state index contributed by atoms with van der Waals surface area (Å²) in [6, 6.07) is 15.2. The standard InChI is InChI=1S/C16H22N2/c1-18(2)11-10-15(17)12-14-8-5-7-13-6-3-4-9-16(13)14/h3-9,15H,10-12,17H2,1-2H3. The van der Waals surface area contributed by atoms with E-state index in [0.29, 0.717) is 0 Å². The quantitative estimate of drug-likeness (QED) is 0.873. The Morgan fingerprint density at radius 2 is 1.78 bits per heavy atom. The summed E-state index contributed by atoms with van der Waals surface area (Å²) in [5, 5.41) is 2.63. The maximum Gasteiger partial charge on any atom is 0.00917 e. The third-order valence-electron chi connectivity index (χ3n) is 3.31. The normalized spacial score (nSPS) is 13.1. The van der Waals surface area contributed by atoms with E-state index in [-0.39, 0.29) is 6.04 Å². The van der Waals surface area contributed by atoms with Crippen molar-refractivity contribution in [3.8, 4) is 0 Å². The van der Waals surface area contributed by atoms with Crippen LogP contribution in [0.5, 0.6) is 0 Å².